The minimum Gasteiger partial charge on any atom is -0.337 e. The van der Waals surface area contributed by atoms with Gasteiger partial charge in [0.15, 0.2) is 0 Å². The third-order valence-corrected chi connectivity index (χ3v) is 5.45. The van der Waals surface area contributed by atoms with Gasteiger partial charge in [-0.05, 0) is 24.9 Å². The van der Waals surface area contributed by atoms with E-state index in [1.165, 1.54) is 18.6 Å². The van der Waals surface area contributed by atoms with Crippen molar-refractivity contribution in [2.45, 2.75) is 25.0 Å². The van der Waals surface area contributed by atoms with Crippen molar-refractivity contribution >= 4 is 22.9 Å². The molecule has 1 aliphatic heterocycles. The van der Waals surface area contributed by atoms with E-state index in [0.29, 0.717) is 5.25 Å². The first kappa shape index (κ1) is 9.75. The normalized spacial score (nSPS) is 41.0. The Labute approximate surface area is 76.8 Å². The fourth-order valence-electron chi connectivity index (χ4n) is 1.47. The summed E-state index contributed by atoms with van der Waals surface area (Å²) in [5, 5.41) is 0.494. The predicted molar refractivity (Wildman–Crippen MR) is 56.9 cm³/mol. The molecule has 0 aromatic carbocycles. The number of hydrogen-bond acceptors (Lipinski definition) is 2. The van der Waals surface area contributed by atoms with E-state index in [1.807, 2.05) is 0 Å². The van der Waals surface area contributed by atoms with E-state index in [4.69, 9.17) is 4.18 Å². The lowest BCUT2D eigenvalue weighted by Crippen LogP contribution is -2.21. The molecule has 2 unspecified atom stereocenters. The molecule has 2 atom stereocenters. The van der Waals surface area contributed by atoms with Gasteiger partial charge in [-0.1, -0.05) is 6.92 Å². The summed E-state index contributed by atoms with van der Waals surface area (Å²) < 4.78 is 5.81. The van der Waals surface area contributed by atoms with Gasteiger partial charge < -0.3 is 4.18 Å². The van der Waals surface area contributed by atoms with Gasteiger partial charge >= 0.3 is 0 Å². The minimum absolute atomic E-state index is 0.494. The predicted octanol–water partition coefficient (Wildman–Crippen LogP) is 2.46. The van der Waals surface area contributed by atoms with Crippen LogP contribution in [-0.2, 0) is 4.18 Å². The van der Waals surface area contributed by atoms with E-state index >= 15 is 0 Å². The van der Waals surface area contributed by atoms with Crippen LogP contribution < -0.4 is 0 Å². The van der Waals surface area contributed by atoms with E-state index < -0.39 is 10.3 Å². The van der Waals surface area contributed by atoms with Gasteiger partial charge in [-0.15, -0.1) is 10.3 Å². The lowest BCUT2D eigenvalue weighted by atomic mass is 10.4. The summed E-state index contributed by atoms with van der Waals surface area (Å²) in [5.74, 6) is 2.45. The zero-order valence-corrected chi connectivity index (χ0v) is 9.09. The Hall–Kier alpha value is 0.660. The largest absolute Gasteiger partial charge is 0.337 e. The molecule has 1 saturated heterocycles. The highest BCUT2D eigenvalue weighted by Crippen LogP contribution is 2.49. The van der Waals surface area contributed by atoms with Crippen LogP contribution in [0.2, 0.25) is 0 Å². The molecule has 0 N–H and O–H groups in total. The number of thiol groups is 1. The molecular formula is C8H18OS2. The molecule has 1 aliphatic rings. The van der Waals surface area contributed by atoms with Crippen molar-refractivity contribution in [1.82, 2.24) is 0 Å². The van der Waals surface area contributed by atoms with Crippen LogP contribution in [0.25, 0.3) is 0 Å². The molecule has 1 fully saturated rings. The number of rotatable bonds is 2. The molecule has 0 spiro atoms. The van der Waals surface area contributed by atoms with E-state index in [1.54, 1.807) is 0 Å². The maximum Gasteiger partial charge on any atom is 0.0592 e. The summed E-state index contributed by atoms with van der Waals surface area (Å²) >= 11 is 4.40. The highest BCUT2D eigenvalue weighted by Gasteiger charge is 2.23. The van der Waals surface area contributed by atoms with Gasteiger partial charge in [0.2, 0.25) is 0 Å². The van der Waals surface area contributed by atoms with Gasteiger partial charge in [-0.3, -0.25) is 0 Å². The van der Waals surface area contributed by atoms with Crippen LogP contribution in [0.3, 0.4) is 0 Å². The fraction of sp³-hybridized carbons (Fsp3) is 1.00. The van der Waals surface area contributed by atoms with Gasteiger partial charge in [0, 0.05) is 11.0 Å². The third kappa shape index (κ3) is 3.26. The van der Waals surface area contributed by atoms with Crippen LogP contribution in [0.15, 0.2) is 0 Å². The highest BCUT2D eigenvalue weighted by molar-refractivity contribution is 8.29. The zero-order chi connectivity index (χ0) is 8.32. The highest BCUT2D eigenvalue weighted by atomic mass is 32.3. The Bertz CT molecular complexity index is 119. The lowest BCUT2D eigenvalue weighted by Gasteiger charge is -2.40. The van der Waals surface area contributed by atoms with Crippen molar-refractivity contribution in [3.63, 3.8) is 0 Å². The maximum atomic E-state index is 5.81. The lowest BCUT2D eigenvalue weighted by molar-refractivity contribution is 0.329. The minimum atomic E-state index is -0.716. The first-order valence-corrected chi connectivity index (χ1v) is 7.01. The molecule has 0 aromatic heterocycles. The van der Waals surface area contributed by atoms with Gasteiger partial charge in [-0.25, -0.2) is 0 Å². The van der Waals surface area contributed by atoms with Gasteiger partial charge in [-0.2, -0.15) is 12.6 Å². The molecule has 0 bridgehead atoms. The van der Waals surface area contributed by atoms with Crippen LogP contribution in [0.1, 0.15) is 19.8 Å². The molecule has 1 rings (SSSR count). The smallest absolute Gasteiger partial charge is 0.0592 e. The van der Waals surface area contributed by atoms with Crippen molar-refractivity contribution in [1.29, 1.82) is 0 Å². The zero-order valence-electron chi connectivity index (χ0n) is 7.38. The Morgan fingerprint density at radius 1 is 1.55 bits per heavy atom. The molecule has 1 nitrogen and oxygen atoms in total. The molecule has 3 heteroatoms. The second-order valence-corrected chi connectivity index (χ2v) is 7.66. The Morgan fingerprint density at radius 2 is 2.27 bits per heavy atom. The van der Waals surface area contributed by atoms with Gasteiger partial charge in [0.1, 0.15) is 0 Å². The Kier molecular flexibility index (Phi) is 3.59. The average molecular weight is 194 g/mol. The molecule has 11 heavy (non-hydrogen) atoms. The second-order valence-electron chi connectivity index (χ2n) is 3.43. The molecular weight excluding hydrogens is 176 g/mol. The van der Waals surface area contributed by atoms with E-state index in [-0.39, 0.29) is 0 Å². The van der Waals surface area contributed by atoms with Gasteiger partial charge in [0.25, 0.3) is 0 Å². The van der Waals surface area contributed by atoms with Crippen molar-refractivity contribution < 1.29 is 4.18 Å². The van der Waals surface area contributed by atoms with Crippen molar-refractivity contribution in [2.24, 2.45) is 0 Å². The van der Waals surface area contributed by atoms with Crippen LogP contribution in [-0.4, -0.2) is 29.6 Å². The Morgan fingerprint density at radius 3 is 2.73 bits per heavy atom. The maximum absolute atomic E-state index is 5.81. The summed E-state index contributed by atoms with van der Waals surface area (Å²) in [6.45, 7) is 3.13. The van der Waals surface area contributed by atoms with Gasteiger partial charge in [0.05, 0.1) is 6.61 Å². The standard InChI is InChI=1S/C8H18OS2/c1-8(10)7-11(2)6-4-3-5-9-11/h8,10H,3-7H2,1-2H3. The molecule has 0 aromatic rings. The summed E-state index contributed by atoms with van der Waals surface area (Å²) in [6.07, 6.45) is 4.90. The molecule has 68 valence electrons. The fourth-order valence-corrected chi connectivity index (χ4v) is 5.15. The SMILES string of the molecule is CC(S)CS1(C)CCCCO1. The molecule has 1 heterocycles. The van der Waals surface area contributed by atoms with E-state index in [9.17, 15) is 0 Å². The monoisotopic (exact) mass is 194 g/mol. The quantitative estimate of drug-likeness (QED) is 0.664. The third-order valence-electron chi connectivity index (χ3n) is 1.93. The summed E-state index contributed by atoms with van der Waals surface area (Å²) in [6, 6.07) is 0. The van der Waals surface area contributed by atoms with Crippen LogP contribution >= 0.6 is 22.9 Å². The van der Waals surface area contributed by atoms with Crippen LogP contribution in [0.4, 0.5) is 0 Å². The van der Waals surface area contributed by atoms with Crippen LogP contribution in [0.5, 0.6) is 0 Å². The topological polar surface area (TPSA) is 9.23 Å². The summed E-state index contributed by atoms with van der Waals surface area (Å²) in [5.41, 5.74) is 0. The van der Waals surface area contributed by atoms with E-state index in [2.05, 4.69) is 25.8 Å². The van der Waals surface area contributed by atoms with Crippen molar-refractivity contribution in [3.8, 4) is 0 Å². The number of hydrogen-bond donors (Lipinski definition) is 1. The summed E-state index contributed by atoms with van der Waals surface area (Å²) in [7, 11) is -0.716. The van der Waals surface area contributed by atoms with E-state index in [0.717, 1.165) is 12.4 Å². The molecule has 0 amide bonds. The second kappa shape index (κ2) is 4.06. The summed E-state index contributed by atoms with van der Waals surface area (Å²) in [4.78, 5) is 0. The first-order chi connectivity index (χ1) is 5.12. The van der Waals surface area contributed by atoms with Crippen molar-refractivity contribution in [2.75, 3.05) is 24.4 Å². The molecule has 0 aliphatic carbocycles. The first-order valence-electron chi connectivity index (χ1n) is 4.18. The Balaban J connectivity index is 2.37. The van der Waals surface area contributed by atoms with Crippen LogP contribution in [0, 0.1) is 0 Å². The average Bonchev–Trinajstić information content (AvgIpc) is 1.85. The molecule has 0 saturated carbocycles. The molecule has 0 radical (unpaired) electrons. The van der Waals surface area contributed by atoms with Crippen molar-refractivity contribution in [3.05, 3.63) is 0 Å².